The van der Waals surface area contributed by atoms with Gasteiger partial charge in [-0.1, -0.05) is 18.2 Å². The van der Waals surface area contributed by atoms with Crippen molar-refractivity contribution in [3.05, 3.63) is 78.1 Å². The fraction of sp³-hybridized carbons (Fsp3) is 0.333. The summed E-state index contributed by atoms with van der Waals surface area (Å²) in [5.74, 6) is 1.31. The zero-order valence-corrected chi connectivity index (χ0v) is 19.1. The molecule has 3 atom stereocenters. The molecule has 1 aromatic heterocycles. The Bertz CT molecular complexity index is 1150. The number of anilines is 1. The Morgan fingerprint density at radius 3 is 2.67 bits per heavy atom. The van der Waals surface area contributed by atoms with E-state index >= 15 is 0 Å². The van der Waals surface area contributed by atoms with Crippen LogP contribution >= 0.6 is 0 Å². The van der Waals surface area contributed by atoms with Crippen molar-refractivity contribution in [3.63, 3.8) is 0 Å². The minimum atomic E-state index is 0.0321. The summed E-state index contributed by atoms with van der Waals surface area (Å²) in [7, 11) is 3.81. The number of hydrogen-bond donors (Lipinski definition) is 1. The van der Waals surface area contributed by atoms with Gasteiger partial charge in [-0.05, 0) is 65.1 Å². The molecule has 5 rings (SSSR count). The number of carbonyl (C=O) groups excluding carboxylic acids is 1. The number of rotatable bonds is 5. The Hall–Kier alpha value is -3.38. The third kappa shape index (κ3) is 3.85. The summed E-state index contributed by atoms with van der Waals surface area (Å²) in [4.78, 5) is 21.9. The summed E-state index contributed by atoms with van der Waals surface area (Å²) < 4.78 is 5.43. The van der Waals surface area contributed by atoms with E-state index < -0.39 is 0 Å². The highest BCUT2D eigenvalue weighted by Gasteiger charge is 2.47. The second-order valence-corrected chi connectivity index (χ2v) is 8.94. The van der Waals surface area contributed by atoms with Crippen LogP contribution in [0.1, 0.15) is 23.6 Å². The van der Waals surface area contributed by atoms with Crippen molar-refractivity contribution in [1.82, 2.24) is 9.88 Å². The lowest BCUT2D eigenvalue weighted by Gasteiger charge is -2.45. The number of nitrogens with two attached hydrogens (primary N) is 1. The Kier molecular flexibility index (Phi) is 5.77. The van der Waals surface area contributed by atoms with E-state index in [1.807, 2.05) is 24.3 Å². The fourth-order valence-electron chi connectivity index (χ4n) is 5.57. The largest absolute Gasteiger partial charge is 0.497 e. The van der Waals surface area contributed by atoms with E-state index in [2.05, 4.69) is 52.2 Å². The van der Waals surface area contributed by atoms with Gasteiger partial charge in [-0.2, -0.15) is 0 Å². The number of likely N-dealkylation sites (N-methyl/N-ethyl adjacent to an activating group) is 1. The minimum absolute atomic E-state index is 0.0321. The first-order chi connectivity index (χ1) is 16.1. The third-order valence-corrected chi connectivity index (χ3v) is 7.23. The summed E-state index contributed by atoms with van der Waals surface area (Å²) in [5, 5.41) is 0. The van der Waals surface area contributed by atoms with Crippen LogP contribution in [0, 0.1) is 5.92 Å². The van der Waals surface area contributed by atoms with Crippen molar-refractivity contribution < 1.29 is 9.53 Å². The van der Waals surface area contributed by atoms with Crippen LogP contribution in [-0.2, 0) is 11.2 Å². The molecule has 0 radical (unpaired) electrons. The van der Waals surface area contributed by atoms with Gasteiger partial charge in [0.05, 0.1) is 19.6 Å². The lowest BCUT2D eigenvalue weighted by atomic mass is 9.80. The van der Waals surface area contributed by atoms with Crippen molar-refractivity contribution in [1.29, 1.82) is 0 Å². The van der Waals surface area contributed by atoms with Gasteiger partial charge in [0, 0.05) is 50.2 Å². The monoisotopic (exact) mass is 442 g/mol. The van der Waals surface area contributed by atoms with E-state index in [0.717, 1.165) is 41.1 Å². The number of nitrogens with zero attached hydrogens (tertiary/aromatic N) is 3. The van der Waals surface area contributed by atoms with Gasteiger partial charge in [0.25, 0.3) is 0 Å². The molecule has 3 aromatic rings. The number of fused-ring (bicyclic) bond motifs is 3. The molecule has 2 N–H and O–H groups in total. The molecule has 0 bridgehead atoms. The second-order valence-electron chi connectivity index (χ2n) is 8.94. The maximum absolute atomic E-state index is 13.4. The van der Waals surface area contributed by atoms with Crippen LogP contribution in [0.4, 0.5) is 5.69 Å². The van der Waals surface area contributed by atoms with E-state index in [9.17, 15) is 4.79 Å². The lowest BCUT2D eigenvalue weighted by molar-refractivity contribution is -0.131. The molecule has 3 heterocycles. The number of benzene rings is 2. The molecule has 33 heavy (non-hydrogen) atoms. The van der Waals surface area contributed by atoms with E-state index in [1.165, 1.54) is 5.56 Å². The van der Waals surface area contributed by atoms with Gasteiger partial charge in [0.2, 0.25) is 5.91 Å². The molecule has 1 amide bonds. The SMILES string of the molecule is COc1cccc(-c2ccc3c(c2)[C@H]2[C@H](CCN2C(=O)Cc2ccncc2)[C@H](CN)N3C)c1. The quantitative estimate of drug-likeness (QED) is 0.653. The number of likely N-dealkylation sites (tertiary alicyclic amines) is 1. The number of amides is 1. The van der Waals surface area contributed by atoms with Gasteiger partial charge in [0.15, 0.2) is 0 Å². The van der Waals surface area contributed by atoms with Gasteiger partial charge in [-0.15, -0.1) is 0 Å². The summed E-state index contributed by atoms with van der Waals surface area (Å²) in [6.07, 6.45) is 4.83. The normalized spacial score (nSPS) is 21.5. The molecule has 6 heteroatoms. The predicted octanol–water partition coefficient (Wildman–Crippen LogP) is 3.67. The van der Waals surface area contributed by atoms with Crippen molar-refractivity contribution in [2.45, 2.75) is 24.9 Å². The fourth-order valence-corrected chi connectivity index (χ4v) is 5.57. The predicted molar refractivity (Wildman–Crippen MR) is 130 cm³/mol. The third-order valence-electron chi connectivity index (χ3n) is 7.23. The number of ether oxygens (including phenoxy) is 1. The van der Waals surface area contributed by atoms with Crippen molar-refractivity contribution >= 4 is 11.6 Å². The Labute approximate surface area is 195 Å². The molecule has 0 saturated carbocycles. The van der Waals surface area contributed by atoms with E-state index in [1.54, 1.807) is 19.5 Å². The summed E-state index contributed by atoms with van der Waals surface area (Å²) in [6, 6.07) is 18.8. The van der Waals surface area contributed by atoms with Gasteiger partial charge < -0.3 is 20.3 Å². The number of methoxy groups -OCH3 is 1. The number of pyridine rings is 1. The zero-order valence-electron chi connectivity index (χ0n) is 19.1. The highest BCUT2D eigenvalue weighted by molar-refractivity contribution is 5.81. The second kappa shape index (κ2) is 8.87. The molecular formula is C27H30N4O2. The molecule has 1 fully saturated rings. The van der Waals surface area contributed by atoms with Crippen LogP contribution in [0.25, 0.3) is 11.1 Å². The van der Waals surface area contributed by atoms with Crippen LogP contribution in [-0.4, -0.2) is 49.1 Å². The van der Waals surface area contributed by atoms with E-state index in [-0.39, 0.29) is 18.0 Å². The molecule has 0 unspecified atom stereocenters. The highest BCUT2D eigenvalue weighted by Crippen LogP contribution is 2.49. The lowest BCUT2D eigenvalue weighted by Crippen LogP contribution is -2.50. The van der Waals surface area contributed by atoms with Crippen LogP contribution in [0.5, 0.6) is 5.75 Å². The molecular weight excluding hydrogens is 412 g/mol. The van der Waals surface area contributed by atoms with Gasteiger partial charge in [-0.3, -0.25) is 9.78 Å². The van der Waals surface area contributed by atoms with E-state index in [0.29, 0.717) is 18.9 Å². The first-order valence-corrected chi connectivity index (χ1v) is 11.5. The first kappa shape index (κ1) is 21.5. The summed E-state index contributed by atoms with van der Waals surface area (Å²) >= 11 is 0. The van der Waals surface area contributed by atoms with E-state index in [4.69, 9.17) is 10.5 Å². The standard InChI is InChI=1S/C27H30N4O2/c1-30-24-7-6-20(19-4-3-5-21(15-19)33-2)16-23(24)27-22(25(30)17-28)10-13-31(27)26(32)14-18-8-11-29-12-9-18/h3-9,11-12,15-16,22,25,27H,10,13-14,17,28H2,1-2H3/t22-,25+,27-/m1/s1. The molecule has 1 saturated heterocycles. The Morgan fingerprint density at radius 2 is 1.91 bits per heavy atom. The zero-order chi connectivity index (χ0) is 22.9. The average molecular weight is 443 g/mol. The minimum Gasteiger partial charge on any atom is -0.497 e. The molecule has 6 nitrogen and oxygen atoms in total. The molecule has 2 aromatic carbocycles. The summed E-state index contributed by atoms with van der Waals surface area (Å²) in [5.41, 5.74) is 11.8. The van der Waals surface area contributed by atoms with Crippen LogP contribution in [0.3, 0.4) is 0 Å². The smallest absolute Gasteiger partial charge is 0.227 e. The van der Waals surface area contributed by atoms with Crippen molar-refractivity contribution in [2.24, 2.45) is 11.7 Å². The average Bonchev–Trinajstić information content (AvgIpc) is 3.30. The maximum Gasteiger partial charge on any atom is 0.227 e. The van der Waals surface area contributed by atoms with Crippen molar-refractivity contribution in [3.8, 4) is 16.9 Å². The first-order valence-electron chi connectivity index (χ1n) is 11.5. The van der Waals surface area contributed by atoms with Crippen LogP contribution < -0.4 is 15.4 Å². The van der Waals surface area contributed by atoms with Crippen LogP contribution in [0.15, 0.2) is 67.0 Å². The van der Waals surface area contributed by atoms with Crippen molar-refractivity contribution in [2.75, 3.05) is 32.1 Å². The topological polar surface area (TPSA) is 71.7 Å². The Morgan fingerprint density at radius 1 is 1.12 bits per heavy atom. The molecule has 170 valence electrons. The molecule has 0 aliphatic carbocycles. The van der Waals surface area contributed by atoms with Crippen LogP contribution in [0.2, 0.25) is 0 Å². The molecule has 2 aliphatic rings. The maximum atomic E-state index is 13.4. The molecule has 0 spiro atoms. The highest BCUT2D eigenvalue weighted by atomic mass is 16.5. The van der Waals surface area contributed by atoms with Gasteiger partial charge in [0.1, 0.15) is 5.75 Å². The number of aromatic nitrogens is 1. The van der Waals surface area contributed by atoms with Gasteiger partial charge >= 0.3 is 0 Å². The number of carbonyl (C=O) groups is 1. The Balaban J connectivity index is 1.54. The van der Waals surface area contributed by atoms with Gasteiger partial charge in [-0.25, -0.2) is 0 Å². The summed E-state index contributed by atoms with van der Waals surface area (Å²) in [6.45, 7) is 1.33. The molecule has 2 aliphatic heterocycles. The number of hydrogen-bond acceptors (Lipinski definition) is 5.